The number of halogens is 1. The fourth-order valence-corrected chi connectivity index (χ4v) is 2.38. The Kier molecular flexibility index (Phi) is 6.05. The van der Waals surface area contributed by atoms with Crippen molar-refractivity contribution in [2.75, 3.05) is 11.4 Å². The summed E-state index contributed by atoms with van der Waals surface area (Å²) in [6.07, 6.45) is 11.2. The van der Waals surface area contributed by atoms with E-state index in [-0.39, 0.29) is 11.7 Å². The molecule has 1 amide bonds. The van der Waals surface area contributed by atoms with Crippen LogP contribution < -0.4 is 4.90 Å². The van der Waals surface area contributed by atoms with Crippen LogP contribution in [0.5, 0.6) is 0 Å². The number of hydrogen-bond acceptors (Lipinski definition) is 4. The van der Waals surface area contributed by atoms with E-state index in [0.29, 0.717) is 18.5 Å². The van der Waals surface area contributed by atoms with E-state index in [1.54, 1.807) is 29.3 Å². The monoisotopic (exact) mass is 360 g/mol. The van der Waals surface area contributed by atoms with Gasteiger partial charge in [0.1, 0.15) is 11.3 Å². The number of nitrogens with zero attached hydrogens (tertiary/aromatic N) is 4. The summed E-state index contributed by atoms with van der Waals surface area (Å²) in [5, 5.41) is 4.39. The molecule has 25 heavy (non-hydrogen) atoms. The largest absolute Gasteiger partial charge is 0.443 e. The molecule has 132 valence electrons. The predicted molar refractivity (Wildman–Crippen MR) is 98.0 cm³/mol. The first-order valence-corrected chi connectivity index (χ1v) is 8.41. The normalized spacial score (nSPS) is 11.0. The zero-order chi connectivity index (χ0) is 18.4. The molecule has 2 heterocycles. The van der Waals surface area contributed by atoms with E-state index in [1.165, 1.54) is 4.90 Å². The summed E-state index contributed by atoms with van der Waals surface area (Å²) in [5.74, 6) is 2.46. The van der Waals surface area contributed by atoms with Crippen LogP contribution in [0, 0.1) is 12.3 Å². The molecule has 7 heteroatoms. The second-order valence-corrected chi connectivity index (χ2v) is 6.13. The molecule has 0 N–H and O–H groups in total. The lowest BCUT2D eigenvalue weighted by atomic mass is 10.0. The summed E-state index contributed by atoms with van der Waals surface area (Å²) >= 11 is 6.24. The molecule has 0 fully saturated rings. The molecule has 6 nitrogen and oxygen atoms in total. The molecule has 0 saturated carbocycles. The zero-order valence-electron chi connectivity index (χ0n) is 14.6. The second-order valence-electron chi connectivity index (χ2n) is 5.78. The van der Waals surface area contributed by atoms with Crippen molar-refractivity contribution in [2.24, 2.45) is 0 Å². The lowest BCUT2D eigenvalue weighted by Crippen LogP contribution is -2.39. The third kappa shape index (κ3) is 4.31. The average molecular weight is 361 g/mol. The number of pyridine rings is 1. The first-order valence-electron chi connectivity index (χ1n) is 8.03. The summed E-state index contributed by atoms with van der Waals surface area (Å²) in [4.78, 5) is 18.0. The van der Waals surface area contributed by atoms with Gasteiger partial charge in [-0.3, -0.25) is 9.88 Å². The van der Waals surface area contributed by atoms with Crippen LogP contribution in [-0.2, 0) is 4.74 Å². The number of ether oxygens (including phenoxy) is 1. The van der Waals surface area contributed by atoms with Crippen LogP contribution in [-0.4, -0.2) is 33.0 Å². The first-order chi connectivity index (χ1) is 11.9. The Hall–Kier alpha value is -2.52. The molecule has 0 atom stereocenters. The Bertz CT molecular complexity index is 763. The van der Waals surface area contributed by atoms with Crippen LogP contribution in [0.2, 0.25) is 5.15 Å². The zero-order valence-corrected chi connectivity index (χ0v) is 15.3. The van der Waals surface area contributed by atoms with E-state index in [4.69, 9.17) is 22.8 Å². The van der Waals surface area contributed by atoms with Crippen LogP contribution in [0.15, 0.2) is 30.7 Å². The average Bonchev–Trinajstić information content (AvgIpc) is 3.01. The van der Waals surface area contributed by atoms with Crippen molar-refractivity contribution in [2.45, 2.75) is 39.2 Å². The summed E-state index contributed by atoms with van der Waals surface area (Å²) in [6.45, 7) is 5.85. The summed E-state index contributed by atoms with van der Waals surface area (Å²) in [7, 11) is 0. The van der Waals surface area contributed by atoms with Crippen molar-refractivity contribution in [3.8, 4) is 18.0 Å². The topological polar surface area (TPSA) is 60.2 Å². The van der Waals surface area contributed by atoms with Crippen LogP contribution in [0.3, 0.4) is 0 Å². The number of carbonyl (C=O) groups excluding carboxylic acids is 1. The van der Waals surface area contributed by atoms with Crippen LogP contribution >= 0.6 is 11.6 Å². The summed E-state index contributed by atoms with van der Waals surface area (Å²) < 4.78 is 7.20. The van der Waals surface area contributed by atoms with Gasteiger partial charge in [0, 0.05) is 6.20 Å². The van der Waals surface area contributed by atoms with Crippen molar-refractivity contribution in [1.29, 1.82) is 0 Å². The number of carbonyl (C=O) groups is 1. The number of amides is 1. The van der Waals surface area contributed by atoms with Crippen molar-refractivity contribution in [1.82, 2.24) is 14.8 Å². The van der Waals surface area contributed by atoms with Gasteiger partial charge in [-0.05, 0) is 31.9 Å². The molecular formula is C18H21ClN4O2. The first kappa shape index (κ1) is 18.8. The van der Waals surface area contributed by atoms with Crippen molar-refractivity contribution in [3.05, 3.63) is 35.9 Å². The predicted octanol–water partition coefficient (Wildman–Crippen LogP) is 4.08. The van der Waals surface area contributed by atoms with Crippen molar-refractivity contribution in [3.63, 3.8) is 0 Å². The van der Waals surface area contributed by atoms with Crippen LogP contribution in [0.1, 0.15) is 33.6 Å². The standard InChI is InChI=1S/C18H21ClN4O2/c1-5-11-22(17(24)25-18(4,6-2)7-3)15-13-23(21-16(15)19)14-9-8-10-20-12-14/h1,8-10,12-13H,6-7,11H2,2-4H3. The number of terminal acetylenes is 1. The minimum absolute atomic E-state index is 0.0286. The van der Waals surface area contributed by atoms with E-state index in [2.05, 4.69) is 16.0 Å². The van der Waals surface area contributed by atoms with E-state index >= 15 is 0 Å². The molecule has 2 aromatic heterocycles. The minimum Gasteiger partial charge on any atom is -0.443 e. The molecule has 0 saturated heterocycles. The maximum absolute atomic E-state index is 12.7. The third-order valence-electron chi connectivity index (χ3n) is 4.15. The Morgan fingerprint density at radius 2 is 2.20 bits per heavy atom. The van der Waals surface area contributed by atoms with Gasteiger partial charge in [-0.25, -0.2) is 9.48 Å². The van der Waals surface area contributed by atoms with Gasteiger partial charge in [0.25, 0.3) is 0 Å². The highest BCUT2D eigenvalue weighted by Crippen LogP contribution is 2.28. The lowest BCUT2D eigenvalue weighted by molar-refractivity contribution is 0.0240. The summed E-state index contributed by atoms with van der Waals surface area (Å²) in [6, 6.07) is 3.61. The van der Waals surface area contributed by atoms with Gasteiger partial charge in [0.05, 0.1) is 24.6 Å². The quantitative estimate of drug-likeness (QED) is 0.728. The highest BCUT2D eigenvalue weighted by Gasteiger charge is 2.30. The van der Waals surface area contributed by atoms with Crippen LogP contribution in [0.4, 0.5) is 10.5 Å². The van der Waals surface area contributed by atoms with Gasteiger partial charge in [-0.2, -0.15) is 5.10 Å². The molecule has 0 unspecified atom stereocenters. The molecule has 2 rings (SSSR count). The number of aromatic nitrogens is 3. The van der Waals surface area contributed by atoms with Gasteiger partial charge < -0.3 is 4.74 Å². The van der Waals surface area contributed by atoms with E-state index < -0.39 is 11.7 Å². The van der Waals surface area contributed by atoms with E-state index in [9.17, 15) is 4.79 Å². The van der Waals surface area contributed by atoms with Gasteiger partial charge in [0.15, 0.2) is 5.15 Å². The maximum atomic E-state index is 12.7. The number of hydrogen-bond donors (Lipinski definition) is 0. The minimum atomic E-state index is -0.560. The van der Waals surface area contributed by atoms with Gasteiger partial charge in [0.2, 0.25) is 0 Å². The fourth-order valence-electron chi connectivity index (χ4n) is 2.15. The molecule has 0 spiro atoms. The van der Waals surface area contributed by atoms with Crippen LogP contribution in [0.25, 0.3) is 5.69 Å². The van der Waals surface area contributed by atoms with E-state index in [0.717, 1.165) is 5.69 Å². The number of anilines is 1. The van der Waals surface area contributed by atoms with Crippen molar-refractivity contribution < 1.29 is 9.53 Å². The molecule has 0 bridgehead atoms. The highest BCUT2D eigenvalue weighted by atomic mass is 35.5. The smallest absolute Gasteiger partial charge is 0.415 e. The van der Waals surface area contributed by atoms with E-state index in [1.807, 2.05) is 26.8 Å². The Morgan fingerprint density at radius 3 is 2.76 bits per heavy atom. The number of rotatable bonds is 6. The fraction of sp³-hybridized carbons (Fsp3) is 0.389. The molecule has 0 aliphatic heterocycles. The van der Waals surface area contributed by atoms with Gasteiger partial charge in [-0.15, -0.1) is 6.42 Å². The molecular weight excluding hydrogens is 340 g/mol. The molecule has 0 radical (unpaired) electrons. The summed E-state index contributed by atoms with van der Waals surface area (Å²) in [5.41, 5.74) is 0.551. The molecule has 2 aromatic rings. The molecule has 0 aliphatic carbocycles. The molecule has 0 aromatic carbocycles. The second kappa shape index (κ2) is 8.04. The third-order valence-corrected chi connectivity index (χ3v) is 4.42. The van der Waals surface area contributed by atoms with Gasteiger partial charge in [-0.1, -0.05) is 31.4 Å². The Morgan fingerprint density at radius 1 is 1.48 bits per heavy atom. The van der Waals surface area contributed by atoms with Gasteiger partial charge >= 0.3 is 6.09 Å². The highest BCUT2D eigenvalue weighted by molar-refractivity contribution is 6.32. The van der Waals surface area contributed by atoms with Crippen molar-refractivity contribution >= 4 is 23.4 Å². The lowest BCUT2D eigenvalue weighted by Gasteiger charge is -2.30. The Labute approximate surface area is 152 Å². The Balaban J connectivity index is 2.33. The SMILES string of the molecule is C#CCN(C(=O)OC(C)(CC)CC)c1cn(-c2cccnc2)nc1Cl. The molecule has 0 aliphatic rings. The maximum Gasteiger partial charge on any atom is 0.415 e.